The molecule has 2 aromatic rings. The lowest BCUT2D eigenvalue weighted by Crippen LogP contribution is -2.52. The first-order valence-electron chi connectivity index (χ1n) is 9.96. The van der Waals surface area contributed by atoms with Crippen molar-refractivity contribution in [3.8, 4) is 0 Å². The topological polar surface area (TPSA) is 49.8 Å². The maximum absolute atomic E-state index is 12.7. The van der Waals surface area contributed by atoms with Gasteiger partial charge < -0.3 is 14.7 Å². The van der Waals surface area contributed by atoms with E-state index >= 15 is 0 Å². The van der Waals surface area contributed by atoms with E-state index in [-0.39, 0.29) is 23.7 Å². The molecule has 1 N–H and O–H groups in total. The summed E-state index contributed by atoms with van der Waals surface area (Å²) >= 11 is 5.92. The van der Waals surface area contributed by atoms with Gasteiger partial charge in [0.2, 0.25) is 5.91 Å². The first-order chi connectivity index (χ1) is 13.5. The highest BCUT2D eigenvalue weighted by Gasteiger charge is 2.44. The van der Waals surface area contributed by atoms with Crippen LogP contribution in [0, 0.1) is 0 Å². The number of benzene rings is 2. The number of amides is 1. The molecule has 0 unspecified atom stereocenters. The Balaban J connectivity index is 1.38. The van der Waals surface area contributed by atoms with Crippen molar-refractivity contribution in [1.29, 1.82) is 0 Å². The van der Waals surface area contributed by atoms with Gasteiger partial charge in [-0.1, -0.05) is 54.1 Å². The third kappa shape index (κ3) is 4.40. The second kappa shape index (κ2) is 8.24. The minimum Gasteiger partial charge on any atom is -0.393 e. The second-order valence-electron chi connectivity index (χ2n) is 7.98. The molecule has 2 saturated heterocycles. The highest BCUT2D eigenvalue weighted by Crippen LogP contribution is 2.43. The zero-order chi connectivity index (χ0) is 19.6. The Hall–Kier alpha value is -1.88. The van der Waals surface area contributed by atoms with Crippen molar-refractivity contribution in [2.45, 2.75) is 49.9 Å². The van der Waals surface area contributed by atoms with Gasteiger partial charge in [0.05, 0.1) is 24.2 Å². The maximum atomic E-state index is 12.7. The second-order valence-corrected chi connectivity index (χ2v) is 8.41. The summed E-state index contributed by atoms with van der Waals surface area (Å²) < 4.78 is 6.52. The standard InChI is InChI=1S/C23H26ClNO3/c24-19-8-6-17(7-9-19)14-22(27)25-12-10-23(11-13-25)16-20(26)15-21(28-23)18-4-2-1-3-5-18/h1-9,20-21,26H,10-16H2/t20-,21-/m1/s1. The lowest BCUT2D eigenvalue weighted by Gasteiger charge is -2.48. The number of nitrogens with zero attached hydrogens (tertiary/aromatic N) is 1. The van der Waals surface area contributed by atoms with E-state index in [4.69, 9.17) is 16.3 Å². The molecule has 0 aromatic heterocycles. The Labute approximate surface area is 171 Å². The van der Waals surface area contributed by atoms with E-state index in [1.165, 1.54) is 0 Å². The first kappa shape index (κ1) is 19.4. The van der Waals surface area contributed by atoms with Crippen LogP contribution in [0.3, 0.4) is 0 Å². The van der Waals surface area contributed by atoms with E-state index in [1.54, 1.807) is 0 Å². The predicted molar refractivity (Wildman–Crippen MR) is 109 cm³/mol. The zero-order valence-corrected chi connectivity index (χ0v) is 16.6. The van der Waals surface area contributed by atoms with Crippen LogP contribution in [0.15, 0.2) is 54.6 Å². The lowest BCUT2D eigenvalue weighted by molar-refractivity contribution is -0.185. The van der Waals surface area contributed by atoms with Gasteiger partial charge >= 0.3 is 0 Å². The number of hydrogen-bond donors (Lipinski definition) is 1. The SMILES string of the molecule is O=C(Cc1ccc(Cl)cc1)N1CCC2(CC1)C[C@H](O)C[C@H](c1ccccc1)O2. The van der Waals surface area contributed by atoms with Crippen molar-refractivity contribution < 1.29 is 14.6 Å². The zero-order valence-electron chi connectivity index (χ0n) is 15.9. The van der Waals surface area contributed by atoms with Crippen LogP contribution in [0.4, 0.5) is 0 Å². The largest absolute Gasteiger partial charge is 0.393 e. The van der Waals surface area contributed by atoms with Crippen LogP contribution in [0.1, 0.15) is 42.9 Å². The van der Waals surface area contributed by atoms with Crippen LogP contribution < -0.4 is 0 Å². The minimum absolute atomic E-state index is 0.0822. The maximum Gasteiger partial charge on any atom is 0.226 e. The van der Waals surface area contributed by atoms with Crippen LogP contribution in [-0.4, -0.2) is 40.7 Å². The molecule has 2 aliphatic heterocycles. The normalized spacial score (nSPS) is 24.3. The first-order valence-corrected chi connectivity index (χ1v) is 10.3. The Morgan fingerprint density at radius 2 is 1.79 bits per heavy atom. The molecule has 0 aliphatic carbocycles. The molecule has 28 heavy (non-hydrogen) atoms. The van der Waals surface area contributed by atoms with Crippen molar-refractivity contribution in [3.63, 3.8) is 0 Å². The van der Waals surface area contributed by atoms with Crippen molar-refractivity contribution in [1.82, 2.24) is 4.90 Å². The van der Waals surface area contributed by atoms with Crippen molar-refractivity contribution >= 4 is 17.5 Å². The average molecular weight is 400 g/mol. The number of ether oxygens (including phenoxy) is 1. The number of carbonyl (C=O) groups excluding carboxylic acids is 1. The van der Waals surface area contributed by atoms with Gasteiger partial charge in [0.1, 0.15) is 0 Å². The van der Waals surface area contributed by atoms with E-state index in [9.17, 15) is 9.90 Å². The van der Waals surface area contributed by atoms with Crippen LogP contribution in [0.5, 0.6) is 0 Å². The van der Waals surface area contributed by atoms with Gasteiger partial charge in [0, 0.05) is 31.0 Å². The molecule has 2 fully saturated rings. The molecular formula is C23H26ClNO3. The minimum atomic E-state index is -0.365. The number of rotatable bonds is 3. The summed E-state index contributed by atoms with van der Waals surface area (Å²) in [7, 11) is 0. The van der Waals surface area contributed by atoms with Gasteiger partial charge in [-0.25, -0.2) is 0 Å². The Morgan fingerprint density at radius 1 is 1.11 bits per heavy atom. The van der Waals surface area contributed by atoms with Crippen molar-refractivity contribution in [2.24, 2.45) is 0 Å². The Bertz CT molecular complexity index is 800. The molecule has 2 atom stereocenters. The molecule has 4 rings (SSSR count). The number of hydrogen-bond acceptors (Lipinski definition) is 3. The Morgan fingerprint density at radius 3 is 2.46 bits per heavy atom. The molecule has 4 nitrogen and oxygen atoms in total. The van der Waals surface area contributed by atoms with E-state index in [0.29, 0.717) is 37.4 Å². The molecule has 148 valence electrons. The molecule has 0 bridgehead atoms. The quantitative estimate of drug-likeness (QED) is 0.843. The number of likely N-dealkylation sites (tertiary alicyclic amines) is 1. The third-order valence-corrected chi connectivity index (χ3v) is 6.21. The highest BCUT2D eigenvalue weighted by molar-refractivity contribution is 6.30. The Kier molecular flexibility index (Phi) is 5.72. The van der Waals surface area contributed by atoms with Crippen LogP contribution in [0.2, 0.25) is 5.02 Å². The van der Waals surface area contributed by atoms with Gasteiger partial charge in [0.15, 0.2) is 0 Å². The van der Waals surface area contributed by atoms with Crippen LogP contribution >= 0.6 is 11.6 Å². The summed E-state index contributed by atoms with van der Waals surface area (Å²) in [6, 6.07) is 17.5. The molecule has 2 aliphatic rings. The molecule has 2 aromatic carbocycles. The van der Waals surface area contributed by atoms with Gasteiger partial charge in [0.25, 0.3) is 0 Å². The molecular weight excluding hydrogens is 374 g/mol. The number of piperidine rings is 1. The number of halogens is 1. The smallest absolute Gasteiger partial charge is 0.226 e. The van der Waals surface area contributed by atoms with E-state index in [2.05, 4.69) is 12.1 Å². The van der Waals surface area contributed by atoms with Crippen LogP contribution in [-0.2, 0) is 16.0 Å². The van der Waals surface area contributed by atoms with Gasteiger partial charge in [-0.05, 0) is 36.1 Å². The van der Waals surface area contributed by atoms with Gasteiger partial charge in [-0.15, -0.1) is 0 Å². The van der Waals surface area contributed by atoms with Crippen molar-refractivity contribution in [2.75, 3.05) is 13.1 Å². The summed E-state index contributed by atoms with van der Waals surface area (Å²) in [5.74, 6) is 0.133. The fraction of sp³-hybridized carbons (Fsp3) is 0.435. The molecule has 0 saturated carbocycles. The van der Waals surface area contributed by atoms with E-state index in [0.717, 1.165) is 24.0 Å². The van der Waals surface area contributed by atoms with Gasteiger partial charge in [-0.2, -0.15) is 0 Å². The summed E-state index contributed by atoms with van der Waals surface area (Å²) in [4.78, 5) is 14.6. The number of carbonyl (C=O) groups is 1. The van der Waals surface area contributed by atoms with Crippen LogP contribution in [0.25, 0.3) is 0 Å². The summed E-state index contributed by atoms with van der Waals surface area (Å²) in [5, 5.41) is 11.2. The lowest BCUT2D eigenvalue weighted by atomic mass is 9.81. The fourth-order valence-corrected chi connectivity index (χ4v) is 4.53. The summed E-state index contributed by atoms with van der Waals surface area (Å²) in [6.45, 7) is 1.33. The number of aliphatic hydroxyl groups excluding tert-OH is 1. The predicted octanol–water partition coefficient (Wildman–Crippen LogP) is 4.16. The van der Waals surface area contributed by atoms with E-state index in [1.807, 2.05) is 47.4 Å². The third-order valence-electron chi connectivity index (χ3n) is 5.95. The average Bonchev–Trinajstić information content (AvgIpc) is 2.70. The molecule has 0 radical (unpaired) electrons. The fourth-order valence-electron chi connectivity index (χ4n) is 4.40. The monoisotopic (exact) mass is 399 g/mol. The molecule has 5 heteroatoms. The molecule has 2 heterocycles. The van der Waals surface area contributed by atoms with Crippen molar-refractivity contribution in [3.05, 3.63) is 70.7 Å². The highest BCUT2D eigenvalue weighted by atomic mass is 35.5. The molecule has 1 amide bonds. The summed E-state index contributed by atoms with van der Waals surface area (Å²) in [5.41, 5.74) is 1.75. The summed E-state index contributed by atoms with van der Waals surface area (Å²) in [6.07, 6.45) is 2.75. The number of aliphatic hydroxyl groups is 1. The van der Waals surface area contributed by atoms with E-state index < -0.39 is 0 Å². The van der Waals surface area contributed by atoms with Gasteiger partial charge in [-0.3, -0.25) is 4.79 Å². The molecule has 1 spiro atoms.